The van der Waals surface area contributed by atoms with E-state index in [1.165, 1.54) is 25.1 Å². The second kappa shape index (κ2) is 6.22. The molecule has 0 aliphatic carbocycles. The van der Waals surface area contributed by atoms with Crippen LogP contribution in [-0.2, 0) is 15.7 Å². The van der Waals surface area contributed by atoms with Crippen molar-refractivity contribution in [1.29, 1.82) is 0 Å². The first-order valence-electron chi connectivity index (χ1n) is 7.48. The van der Waals surface area contributed by atoms with E-state index >= 15 is 0 Å². The molecule has 1 aromatic rings. The highest BCUT2D eigenvalue weighted by Crippen LogP contribution is 2.36. The Hall–Kier alpha value is -2.05. The number of rotatable bonds is 4. The van der Waals surface area contributed by atoms with E-state index in [0.717, 1.165) is 6.07 Å². The molecule has 0 spiro atoms. The van der Waals surface area contributed by atoms with E-state index in [2.05, 4.69) is 10.3 Å². The van der Waals surface area contributed by atoms with E-state index in [4.69, 9.17) is 4.74 Å². The van der Waals surface area contributed by atoms with Gasteiger partial charge in [-0.2, -0.15) is 13.2 Å². The van der Waals surface area contributed by atoms with Crippen molar-refractivity contribution in [1.82, 2.24) is 5.32 Å². The van der Waals surface area contributed by atoms with Gasteiger partial charge in [-0.05, 0) is 31.4 Å². The molecule has 1 fully saturated rings. The zero-order valence-electron chi connectivity index (χ0n) is 13.2. The van der Waals surface area contributed by atoms with Crippen molar-refractivity contribution < 1.29 is 22.7 Å². The van der Waals surface area contributed by atoms with Crippen molar-refractivity contribution in [3.8, 4) is 0 Å². The van der Waals surface area contributed by atoms with Crippen molar-refractivity contribution in [2.45, 2.75) is 51.4 Å². The second-order valence-electron chi connectivity index (χ2n) is 5.45. The Balaban J connectivity index is 2.30. The minimum atomic E-state index is -4.46. The van der Waals surface area contributed by atoms with Gasteiger partial charge >= 0.3 is 6.18 Å². The fourth-order valence-corrected chi connectivity index (χ4v) is 2.61. The number of hydrogen-bond acceptors (Lipinski definition) is 3. The first-order valence-corrected chi connectivity index (χ1v) is 7.48. The zero-order chi connectivity index (χ0) is 17.3. The molecule has 1 N–H and O–H groups in total. The summed E-state index contributed by atoms with van der Waals surface area (Å²) in [4.78, 5) is 16.1. The van der Waals surface area contributed by atoms with Gasteiger partial charge in [0.2, 0.25) is 0 Å². The van der Waals surface area contributed by atoms with Gasteiger partial charge in [-0.1, -0.05) is 32.0 Å². The summed E-state index contributed by atoms with van der Waals surface area (Å²) in [6.07, 6.45) is -3.54. The number of amidine groups is 1. The molecule has 0 saturated carbocycles. The third-order valence-corrected chi connectivity index (χ3v) is 4.10. The monoisotopic (exact) mass is 328 g/mol. The summed E-state index contributed by atoms with van der Waals surface area (Å²) in [5.41, 5.74) is -1.68. The van der Waals surface area contributed by atoms with Gasteiger partial charge in [0.15, 0.2) is 5.60 Å². The number of amides is 1. The van der Waals surface area contributed by atoms with Crippen molar-refractivity contribution in [3.63, 3.8) is 0 Å². The molecule has 2 rings (SSSR count). The Labute approximate surface area is 132 Å². The SMILES string of the molecule is CCC1(CC)OC(=N[C@H](C)c2ccccc2C(F)(F)F)NC1=O. The van der Waals surface area contributed by atoms with Crippen LogP contribution in [0.4, 0.5) is 13.2 Å². The van der Waals surface area contributed by atoms with Crippen molar-refractivity contribution in [2.75, 3.05) is 0 Å². The van der Waals surface area contributed by atoms with Crippen LogP contribution in [0.25, 0.3) is 0 Å². The van der Waals surface area contributed by atoms with Gasteiger partial charge < -0.3 is 4.74 Å². The lowest BCUT2D eigenvalue weighted by atomic mass is 9.97. The van der Waals surface area contributed by atoms with Crippen LogP contribution >= 0.6 is 0 Å². The first kappa shape index (κ1) is 17.3. The molecule has 1 saturated heterocycles. The van der Waals surface area contributed by atoms with Gasteiger partial charge in [-0.3, -0.25) is 10.1 Å². The number of carbonyl (C=O) groups excluding carboxylic acids is 1. The molecule has 1 aromatic carbocycles. The molecule has 23 heavy (non-hydrogen) atoms. The molecule has 0 bridgehead atoms. The van der Waals surface area contributed by atoms with Gasteiger partial charge in [0.1, 0.15) is 0 Å². The van der Waals surface area contributed by atoms with Crippen LogP contribution in [0, 0.1) is 0 Å². The number of benzene rings is 1. The number of alkyl halides is 3. The highest BCUT2D eigenvalue weighted by Gasteiger charge is 2.45. The first-order chi connectivity index (χ1) is 10.7. The number of aliphatic imine (C=N–C) groups is 1. The van der Waals surface area contributed by atoms with E-state index in [0.29, 0.717) is 12.8 Å². The van der Waals surface area contributed by atoms with E-state index in [9.17, 15) is 18.0 Å². The summed E-state index contributed by atoms with van der Waals surface area (Å²) in [6.45, 7) is 5.16. The van der Waals surface area contributed by atoms with Gasteiger partial charge in [0.05, 0.1) is 11.6 Å². The number of hydrogen-bond donors (Lipinski definition) is 1. The summed E-state index contributed by atoms with van der Waals surface area (Å²) in [6, 6.07) is 4.43. The number of halogens is 3. The Morgan fingerprint density at radius 1 is 1.26 bits per heavy atom. The van der Waals surface area contributed by atoms with E-state index < -0.39 is 23.4 Å². The molecule has 0 aromatic heterocycles. The highest BCUT2D eigenvalue weighted by molar-refractivity contribution is 6.04. The third-order valence-electron chi connectivity index (χ3n) is 4.10. The molecular weight excluding hydrogens is 309 g/mol. The fourth-order valence-electron chi connectivity index (χ4n) is 2.61. The summed E-state index contributed by atoms with van der Waals surface area (Å²) in [7, 11) is 0. The topological polar surface area (TPSA) is 50.7 Å². The largest absolute Gasteiger partial charge is 0.448 e. The molecule has 1 aliphatic rings. The van der Waals surface area contributed by atoms with Gasteiger partial charge in [-0.25, -0.2) is 4.99 Å². The van der Waals surface area contributed by atoms with Crippen LogP contribution in [0.15, 0.2) is 29.3 Å². The molecular formula is C16H19F3N2O2. The number of carbonyl (C=O) groups is 1. The van der Waals surface area contributed by atoms with Crippen LogP contribution in [0.3, 0.4) is 0 Å². The van der Waals surface area contributed by atoms with Gasteiger partial charge in [-0.15, -0.1) is 0 Å². The minimum absolute atomic E-state index is 0.0248. The molecule has 4 nitrogen and oxygen atoms in total. The summed E-state index contributed by atoms with van der Waals surface area (Å²) < 4.78 is 44.8. The molecule has 1 aliphatic heterocycles. The number of ether oxygens (including phenoxy) is 1. The molecule has 1 atom stereocenters. The lowest BCUT2D eigenvalue weighted by Gasteiger charge is -2.21. The molecule has 7 heteroatoms. The predicted molar refractivity (Wildman–Crippen MR) is 79.8 cm³/mol. The average Bonchev–Trinajstić information content (AvgIpc) is 2.82. The van der Waals surface area contributed by atoms with Crippen LogP contribution in [0.1, 0.15) is 50.8 Å². The standard InChI is InChI=1S/C16H19F3N2O2/c1-4-15(5-2)13(22)21-14(23-15)20-10(3)11-8-6-7-9-12(11)16(17,18)19/h6-10H,4-5H2,1-3H3,(H,20,21,22)/t10-/m1/s1. The van der Waals surface area contributed by atoms with Crippen molar-refractivity contribution in [2.24, 2.45) is 4.99 Å². The third kappa shape index (κ3) is 3.33. The highest BCUT2D eigenvalue weighted by atomic mass is 19.4. The van der Waals surface area contributed by atoms with Crippen molar-refractivity contribution >= 4 is 11.9 Å². The average molecular weight is 328 g/mol. The van der Waals surface area contributed by atoms with Gasteiger partial charge in [0.25, 0.3) is 11.9 Å². The zero-order valence-corrected chi connectivity index (χ0v) is 13.2. The molecule has 126 valence electrons. The quantitative estimate of drug-likeness (QED) is 0.913. The Kier molecular flexibility index (Phi) is 4.68. The van der Waals surface area contributed by atoms with E-state index in [1.54, 1.807) is 0 Å². The normalized spacial score (nSPS) is 20.3. The minimum Gasteiger partial charge on any atom is -0.448 e. The maximum atomic E-state index is 13.1. The molecule has 1 amide bonds. The summed E-state index contributed by atoms with van der Waals surface area (Å²) in [5.74, 6) is -0.308. The predicted octanol–water partition coefficient (Wildman–Crippen LogP) is 3.83. The van der Waals surface area contributed by atoms with Crippen LogP contribution in [0.5, 0.6) is 0 Å². The smallest absolute Gasteiger partial charge is 0.416 e. The molecule has 0 radical (unpaired) electrons. The Morgan fingerprint density at radius 3 is 2.39 bits per heavy atom. The van der Waals surface area contributed by atoms with Crippen LogP contribution in [-0.4, -0.2) is 17.5 Å². The number of nitrogens with zero attached hydrogens (tertiary/aromatic N) is 1. The number of nitrogens with one attached hydrogen (secondary N) is 1. The van der Waals surface area contributed by atoms with E-state index in [-0.39, 0.29) is 17.5 Å². The van der Waals surface area contributed by atoms with Crippen molar-refractivity contribution in [3.05, 3.63) is 35.4 Å². The van der Waals surface area contributed by atoms with E-state index in [1.807, 2.05) is 13.8 Å². The summed E-state index contributed by atoms with van der Waals surface area (Å²) >= 11 is 0. The second-order valence-corrected chi connectivity index (χ2v) is 5.45. The summed E-state index contributed by atoms with van der Waals surface area (Å²) in [5, 5.41) is 2.51. The maximum Gasteiger partial charge on any atom is 0.416 e. The lowest BCUT2D eigenvalue weighted by Crippen LogP contribution is -2.37. The fraction of sp³-hybridized carbons (Fsp3) is 0.500. The maximum absolute atomic E-state index is 13.1. The van der Waals surface area contributed by atoms with Crippen LogP contribution in [0.2, 0.25) is 0 Å². The van der Waals surface area contributed by atoms with Gasteiger partial charge in [0, 0.05) is 0 Å². The molecule has 1 heterocycles. The molecule has 0 unspecified atom stereocenters. The Morgan fingerprint density at radius 2 is 1.87 bits per heavy atom. The lowest BCUT2D eigenvalue weighted by molar-refractivity contribution is -0.138. The van der Waals surface area contributed by atoms with Crippen LogP contribution < -0.4 is 5.32 Å². The Bertz CT molecular complexity index is 622.